The third-order valence-electron chi connectivity index (χ3n) is 4.88. The van der Waals surface area contributed by atoms with E-state index in [0.717, 1.165) is 24.3 Å². The fourth-order valence-corrected chi connectivity index (χ4v) is 3.45. The zero-order chi connectivity index (χ0) is 24.7. The maximum Gasteiger partial charge on any atom is 0.270 e. The molecule has 0 aliphatic heterocycles. The van der Waals surface area contributed by atoms with E-state index in [4.69, 9.17) is 11.5 Å². The zero-order valence-electron chi connectivity index (χ0n) is 17.4. The van der Waals surface area contributed by atoms with Crippen LogP contribution in [-0.2, 0) is 0 Å². The Balaban J connectivity index is 2.17. The minimum absolute atomic E-state index is 0.00993. The van der Waals surface area contributed by atoms with E-state index in [1.807, 2.05) is 6.07 Å². The van der Waals surface area contributed by atoms with E-state index in [2.05, 4.69) is 15.0 Å². The van der Waals surface area contributed by atoms with Gasteiger partial charge in [-0.3, -0.25) is 9.69 Å². The highest BCUT2D eigenvalue weighted by molar-refractivity contribution is 5.81. The van der Waals surface area contributed by atoms with Gasteiger partial charge in [0.15, 0.2) is 17.5 Å². The van der Waals surface area contributed by atoms with Crippen molar-refractivity contribution in [2.45, 2.75) is 6.92 Å². The van der Waals surface area contributed by atoms with Gasteiger partial charge in [0.1, 0.15) is 34.5 Å². The van der Waals surface area contributed by atoms with E-state index >= 15 is 0 Å². The number of aromatic nitrogens is 4. The van der Waals surface area contributed by atoms with Crippen LogP contribution in [0.3, 0.4) is 0 Å². The topological polar surface area (TPSA) is 140 Å². The molecular formula is C21H14F4N8O. The van der Waals surface area contributed by atoms with Crippen LogP contribution in [0.5, 0.6) is 0 Å². The first-order valence-electron chi connectivity index (χ1n) is 9.64. The molecule has 4 rings (SSSR count). The SMILES string of the molecule is CCN(c1nc(N)nc(N)c1C#N)c1nc2ccc(F)c(F)c2c(=O)n1-c1cc(F)cc(F)c1. The zero-order valence-corrected chi connectivity index (χ0v) is 17.4. The number of benzene rings is 2. The minimum atomic E-state index is -1.48. The van der Waals surface area contributed by atoms with Gasteiger partial charge < -0.3 is 11.5 Å². The van der Waals surface area contributed by atoms with Crippen molar-refractivity contribution in [3.63, 3.8) is 0 Å². The van der Waals surface area contributed by atoms with Gasteiger partial charge in [-0.2, -0.15) is 15.2 Å². The first kappa shape index (κ1) is 22.5. The first-order chi connectivity index (χ1) is 16.2. The molecule has 0 bridgehead atoms. The lowest BCUT2D eigenvalue weighted by atomic mass is 10.2. The molecule has 2 aromatic heterocycles. The summed E-state index contributed by atoms with van der Waals surface area (Å²) in [5.41, 5.74) is 9.47. The third-order valence-corrected chi connectivity index (χ3v) is 4.88. The molecule has 13 heteroatoms. The van der Waals surface area contributed by atoms with Crippen LogP contribution < -0.4 is 21.9 Å². The van der Waals surface area contributed by atoms with E-state index in [0.29, 0.717) is 10.6 Å². The first-order valence-corrected chi connectivity index (χ1v) is 9.64. The molecule has 0 atom stereocenters. The Bertz CT molecular complexity index is 1540. The summed E-state index contributed by atoms with van der Waals surface area (Å²) in [7, 11) is 0. The highest BCUT2D eigenvalue weighted by Crippen LogP contribution is 2.31. The number of nitrogens with zero attached hydrogens (tertiary/aromatic N) is 6. The monoisotopic (exact) mass is 470 g/mol. The van der Waals surface area contributed by atoms with Crippen molar-refractivity contribution in [1.29, 1.82) is 5.26 Å². The van der Waals surface area contributed by atoms with Crippen LogP contribution in [0.25, 0.3) is 16.6 Å². The third kappa shape index (κ3) is 3.60. The summed E-state index contributed by atoms with van der Waals surface area (Å²) < 4.78 is 57.3. The van der Waals surface area contributed by atoms with Crippen LogP contribution >= 0.6 is 0 Å². The molecule has 0 saturated carbocycles. The molecule has 0 unspecified atom stereocenters. The fraction of sp³-hybridized carbons (Fsp3) is 0.0952. The van der Waals surface area contributed by atoms with E-state index in [1.165, 1.54) is 4.90 Å². The molecule has 34 heavy (non-hydrogen) atoms. The van der Waals surface area contributed by atoms with Gasteiger partial charge in [0.05, 0.1) is 11.2 Å². The molecule has 9 nitrogen and oxygen atoms in total. The second kappa shape index (κ2) is 8.32. The van der Waals surface area contributed by atoms with E-state index < -0.39 is 34.2 Å². The number of fused-ring (bicyclic) bond motifs is 1. The molecule has 0 saturated heterocycles. The van der Waals surface area contributed by atoms with E-state index in [9.17, 15) is 27.6 Å². The number of hydrogen-bond acceptors (Lipinski definition) is 8. The maximum absolute atomic E-state index is 14.6. The summed E-state index contributed by atoms with van der Waals surface area (Å²) >= 11 is 0. The van der Waals surface area contributed by atoms with Gasteiger partial charge in [0.25, 0.3) is 5.56 Å². The van der Waals surface area contributed by atoms with E-state index in [1.54, 1.807) is 6.92 Å². The van der Waals surface area contributed by atoms with Gasteiger partial charge in [0, 0.05) is 12.6 Å². The number of halogens is 4. The molecule has 172 valence electrons. The van der Waals surface area contributed by atoms with Gasteiger partial charge in [-0.05, 0) is 31.2 Å². The van der Waals surface area contributed by atoms with Crippen LogP contribution in [0.2, 0.25) is 0 Å². The molecule has 0 aliphatic rings. The highest BCUT2D eigenvalue weighted by Gasteiger charge is 2.26. The normalized spacial score (nSPS) is 10.9. The van der Waals surface area contributed by atoms with Crippen LogP contribution in [-0.4, -0.2) is 26.1 Å². The van der Waals surface area contributed by atoms with Crippen molar-refractivity contribution in [1.82, 2.24) is 19.5 Å². The summed E-state index contributed by atoms with van der Waals surface area (Å²) in [6.07, 6.45) is 0. The summed E-state index contributed by atoms with van der Waals surface area (Å²) in [5, 5.41) is 8.83. The fourth-order valence-electron chi connectivity index (χ4n) is 3.45. The molecule has 0 amide bonds. The standard InChI is InChI=1S/C21H14F4N8O/c1-2-32(18-12(8-26)17(27)30-20(28)31-18)21-29-14-4-3-13(24)16(25)15(14)19(34)33(21)11-6-9(22)5-10(23)7-11/h3-7H,2H2,1H3,(H4,27,28,30,31). The Labute approximate surface area is 188 Å². The Morgan fingerprint density at radius 1 is 1.06 bits per heavy atom. The average molecular weight is 470 g/mol. The van der Waals surface area contributed by atoms with Crippen molar-refractivity contribution in [3.8, 4) is 11.8 Å². The summed E-state index contributed by atoms with van der Waals surface area (Å²) in [6, 6.07) is 5.85. The number of rotatable bonds is 4. The molecular weight excluding hydrogens is 456 g/mol. The summed E-state index contributed by atoms with van der Waals surface area (Å²) in [5.74, 6) is -5.91. The Morgan fingerprint density at radius 2 is 1.74 bits per heavy atom. The van der Waals surface area contributed by atoms with Crippen LogP contribution in [0.1, 0.15) is 12.5 Å². The largest absolute Gasteiger partial charge is 0.382 e. The van der Waals surface area contributed by atoms with Crippen molar-refractivity contribution in [2.75, 3.05) is 22.9 Å². The lowest BCUT2D eigenvalue weighted by Gasteiger charge is -2.26. The highest BCUT2D eigenvalue weighted by atomic mass is 19.2. The molecule has 2 aromatic carbocycles. The van der Waals surface area contributed by atoms with Crippen LogP contribution in [0, 0.1) is 34.6 Å². The van der Waals surface area contributed by atoms with Crippen LogP contribution in [0.15, 0.2) is 35.1 Å². The second-order valence-corrected chi connectivity index (χ2v) is 6.96. The molecule has 2 heterocycles. The second-order valence-electron chi connectivity index (χ2n) is 6.96. The molecule has 4 aromatic rings. The van der Waals surface area contributed by atoms with Gasteiger partial charge in [0.2, 0.25) is 11.9 Å². The predicted octanol–water partition coefficient (Wildman–Crippen LogP) is 2.93. The number of nitriles is 1. The van der Waals surface area contributed by atoms with Crippen LogP contribution in [0.4, 0.5) is 41.1 Å². The van der Waals surface area contributed by atoms with Gasteiger partial charge in [-0.25, -0.2) is 27.1 Å². The molecule has 0 fully saturated rings. The van der Waals surface area contributed by atoms with Crippen molar-refractivity contribution in [2.24, 2.45) is 0 Å². The van der Waals surface area contributed by atoms with Gasteiger partial charge >= 0.3 is 0 Å². The van der Waals surface area contributed by atoms with Crippen molar-refractivity contribution >= 4 is 34.4 Å². The average Bonchev–Trinajstić information content (AvgIpc) is 2.76. The summed E-state index contributed by atoms with van der Waals surface area (Å²) in [6.45, 7) is 1.58. The lowest BCUT2D eigenvalue weighted by Crippen LogP contribution is -2.31. The minimum Gasteiger partial charge on any atom is -0.382 e. The molecule has 0 radical (unpaired) electrons. The molecule has 0 spiro atoms. The Kier molecular flexibility index (Phi) is 5.50. The van der Waals surface area contributed by atoms with Crippen molar-refractivity contribution in [3.05, 3.63) is 69.5 Å². The number of anilines is 4. The Morgan fingerprint density at radius 3 is 2.35 bits per heavy atom. The maximum atomic E-state index is 14.6. The van der Waals surface area contributed by atoms with Crippen molar-refractivity contribution < 1.29 is 17.6 Å². The van der Waals surface area contributed by atoms with Gasteiger partial charge in [-0.15, -0.1) is 0 Å². The number of hydrogen-bond donors (Lipinski definition) is 2. The molecule has 0 aliphatic carbocycles. The summed E-state index contributed by atoms with van der Waals surface area (Å²) in [4.78, 5) is 26.6. The smallest absolute Gasteiger partial charge is 0.270 e. The number of nitrogen functional groups attached to an aromatic ring is 2. The quantitative estimate of drug-likeness (QED) is 0.434. The van der Waals surface area contributed by atoms with E-state index in [-0.39, 0.29) is 46.8 Å². The lowest BCUT2D eigenvalue weighted by molar-refractivity contribution is 0.515. The predicted molar refractivity (Wildman–Crippen MR) is 115 cm³/mol. The number of nitrogens with two attached hydrogens (primary N) is 2. The molecule has 4 N–H and O–H groups in total. The van der Waals surface area contributed by atoms with Gasteiger partial charge in [-0.1, -0.05) is 0 Å². The Hall–Kier alpha value is -4.73.